The van der Waals surface area contributed by atoms with Crippen molar-refractivity contribution in [2.75, 3.05) is 0 Å². The van der Waals surface area contributed by atoms with Crippen molar-refractivity contribution in [3.05, 3.63) is 74.8 Å². The number of halogens is 3. The van der Waals surface area contributed by atoms with E-state index in [1.807, 2.05) is 0 Å². The van der Waals surface area contributed by atoms with Gasteiger partial charge in [0.2, 0.25) is 0 Å². The third-order valence-corrected chi connectivity index (χ3v) is 3.74. The van der Waals surface area contributed by atoms with E-state index < -0.39 is 28.6 Å². The number of aryl methyl sites for hydroxylation is 1. The number of rotatable bonds is 4. The lowest BCUT2D eigenvalue weighted by Gasteiger charge is -2.15. The minimum absolute atomic E-state index is 0.0904. The van der Waals surface area contributed by atoms with Gasteiger partial charge in [0, 0.05) is 17.2 Å². The molecule has 1 amide bonds. The summed E-state index contributed by atoms with van der Waals surface area (Å²) in [6.45, 7) is 3.16. The first kappa shape index (κ1) is 18.4. The molecule has 5 nitrogen and oxygen atoms in total. The molecule has 0 heterocycles. The highest BCUT2D eigenvalue weighted by Crippen LogP contribution is 2.30. The maximum Gasteiger partial charge on any atom is 0.416 e. The van der Waals surface area contributed by atoms with Gasteiger partial charge >= 0.3 is 6.18 Å². The molecule has 0 saturated carbocycles. The normalized spacial score (nSPS) is 12.5. The molecule has 2 rings (SSSR count). The molecular weight excluding hydrogens is 337 g/mol. The number of carbonyl (C=O) groups excluding carboxylic acids is 1. The highest BCUT2D eigenvalue weighted by Gasteiger charge is 2.30. The smallest absolute Gasteiger partial charge is 0.346 e. The Balaban J connectivity index is 2.12. The number of hydrogen-bond donors (Lipinski definition) is 1. The molecule has 0 aromatic heterocycles. The molecule has 8 heteroatoms. The Morgan fingerprint density at radius 3 is 2.24 bits per heavy atom. The lowest BCUT2D eigenvalue weighted by molar-refractivity contribution is -0.385. The Kier molecular flexibility index (Phi) is 5.10. The Hall–Kier alpha value is -2.90. The van der Waals surface area contributed by atoms with Gasteiger partial charge in [0.05, 0.1) is 16.5 Å². The summed E-state index contributed by atoms with van der Waals surface area (Å²) >= 11 is 0. The SMILES string of the molecule is Cc1cc(C(=O)NC(C)c2ccc(C(F)(F)F)cc2)ccc1[N+](=O)[O-]. The van der Waals surface area contributed by atoms with E-state index in [1.54, 1.807) is 6.92 Å². The van der Waals surface area contributed by atoms with Crippen LogP contribution in [0.4, 0.5) is 18.9 Å². The highest BCUT2D eigenvalue weighted by molar-refractivity contribution is 5.95. The largest absolute Gasteiger partial charge is 0.416 e. The molecule has 0 aliphatic carbocycles. The van der Waals surface area contributed by atoms with Crippen LogP contribution < -0.4 is 5.32 Å². The van der Waals surface area contributed by atoms with Gasteiger partial charge in [-0.25, -0.2) is 0 Å². The van der Waals surface area contributed by atoms with E-state index in [0.29, 0.717) is 11.1 Å². The summed E-state index contributed by atoms with van der Waals surface area (Å²) in [5, 5.41) is 13.4. The number of alkyl halides is 3. The average molecular weight is 352 g/mol. The van der Waals surface area contributed by atoms with Crippen LogP contribution >= 0.6 is 0 Å². The standard InChI is InChI=1S/C17H15F3N2O3/c1-10-9-13(5-8-15(10)22(24)25)16(23)21-11(2)12-3-6-14(7-4-12)17(18,19)20/h3-9,11H,1-2H3,(H,21,23). The van der Waals surface area contributed by atoms with Crippen LogP contribution in [0, 0.1) is 17.0 Å². The summed E-state index contributed by atoms with van der Waals surface area (Å²) < 4.78 is 37.7. The predicted octanol–water partition coefficient (Wildman–Crippen LogP) is 4.41. The van der Waals surface area contributed by atoms with Crippen molar-refractivity contribution in [1.29, 1.82) is 0 Å². The van der Waals surface area contributed by atoms with Crippen molar-refractivity contribution < 1.29 is 22.9 Å². The molecule has 0 aliphatic rings. The summed E-state index contributed by atoms with van der Waals surface area (Å²) in [7, 11) is 0. The van der Waals surface area contributed by atoms with Crippen LogP contribution in [0.25, 0.3) is 0 Å². The molecule has 0 fully saturated rings. The number of hydrogen-bond acceptors (Lipinski definition) is 3. The van der Waals surface area contributed by atoms with Gasteiger partial charge in [-0.3, -0.25) is 14.9 Å². The van der Waals surface area contributed by atoms with Gasteiger partial charge in [-0.2, -0.15) is 13.2 Å². The number of amides is 1. The first-order valence-electron chi connectivity index (χ1n) is 7.32. The van der Waals surface area contributed by atoms with Crippen LogP contribution in [0.3, 0.4) is 0 Å². The monoisotopic (exact) mass is 352 g/mol. The van der Waals surface area contributed by atoms with Crippen molar-refractivity contribution in [2.24, 2.45) is 0 Å². The molecule has 2 aromatic rings. The number of nitrogens with one attached hydrogen (secondary N) is 1. The Labute approximate surface area is 141 Å². The summed E-state index contributed by atoms with van der Waals surface area (Å²) in [6.07, 6.45) is -4.42. The molecule has 1 unspecified atom stereocenters. The summed E-state index contributed by atoms with van der Waals surface area (Å²) in [4.78, 5) is 22.5. The fourth-order valence-corrected chi connectivity index (χ4v) is 2.33. The number of carbonyl (C=O) groups is 1. The van der Waals surface area contributed by atoms with Crippen LogP contribution in [-0.2, 0) is 6.18 Å². The van der Waals surface area contributed by atoms with Crippen LogP contribution in [0.2, 0.25) is 0 Å². The Morgan fingerprint density at radius 1 is 1.16 bits per heavy atom. The van der Waals surface area contributed by atoms with Crippen molar-refractivity contribution in [2.45, 2.75) is 26.1 Å². The van der Waals surface area contributed by atoms with Gasteiger partial charge in [-0.15, -0.1) is 0 Å². The Bertz CT molecular complexity index is 802. The minimum atomic E-state index is -4.42. The zero-order chi connectivity index (χ0) is 18.8. The second kappa shape index (κ2) is 6.92. The number of benzene rings is 2. The van der Waals surface area contributed by atoms with Gasteiger partial charge in [-0.05, 0) is 43.7 Å². The molecule has 1 atom stereocenters. The third kappa shape index (κ3) is 4.34. The van der Waals surface area contributed by atoms with E-state index in [4.69, 9.17) is 0 Å². The highest BCUT2D eigenvalue weighted by atomic mass is 19.4. The molecule has 0 spiro atoms. The van der Waals surface area contributed by atoms with Gasteiger partial charge in [0.25, 0.3) is 11.6 Å². The lowest BCUT2D eigenvalue weighted by Crippen LogP contribution is -2.26. The molecule has 0 aliphatic heterocycles. The topological polar surface area (TPSA) is 72.2 Å². The van der Waals surface area contributed by atoms with Crippen LogP contribution in [0.15, 0.2) is 42.5 Å². The van der Waals surface area contributed by atoms with E-state index in [-0.39, 0.29) is 11.3 Å². The molecule has 25 heavy (non-hydrogen) atoms. The molecule has 0 radical (unpaired) electrons. The van der Waals surface area contributed by atoms with Gasteiger partial charge < -0.3 is 5.32 Å². The quantitative estimate of drug-likeness (QED) is 0.654. The third-order valence-electron chi connectivity index (χ3n) is 3.74. The molecule has 2 aromatic carbocycles. The number of nitro benzene ring substituents is 1. The fraction of sp³-hybridized carbons (Fsp3) is 0.235. The molecule has 0 saturated heterocycles. The van der Waals surface area contributed by atoms with E-state index in [0.717, 1.165) is 12.1 Å². The van der Waals surface area contributed by atoms with Crippen molar-refractivity contribution in [3.63, 3.8) is 0 Å². The van der Waals surface area contributed by atoms with E-state index >= 15 is 0 Å². The second-order valence-corrected chi connectivity index (χ2v) is 5.57. The fourth-order valence-electron chi connectivity index (χ4n) is 2.33. The average Bonchev–Trinajstić information content (AvgIpc) is 2.53. The molecule has 0 bridgehead atoms. The minimum Gasteiger partial charge on any atom is -0.346 e. The van der Waals surface area contributed by atoms with E-state index in [1.165, 1.54) is 37.3 Å². The summed E-state index contributed by atoms with van der Waals surface area (Å²) in [5.74, 6) is -0.467. The molecule has 1 N–H and O–H groups in total. The molecular formula is C17H15F3N2O3. The zero-order valence-electron chi connectivity index (χ0n) is 13.4. The van der Waals surface area contributed by atoms with Crippen molar-refractivity contribution >= 4 is 11.6 Å². The predicted molar refractivity (Wildman–Crippen MR) is 85.2 cm³/mol. The van der Waals surface area contributed by atoms with Gasteiger partial charge in [-0.1, -0.05) is 12.1 Å². The second-order valence-electron chi connectivity index (χ2n) is 5.57. The van der Waals surface area contributed by atoms with Gasteiger partial charge in [0.15, 0.2) is 0 Å². The molecule has 132 valence electrons. The van der Waals surface area contributed by atoms with Crippen molar-refractivity contribution in [3.8, 4) is 0 Å². The van der Waals surface area contributed by atoms with E-state index in [2.05, 4.69) is 5.32 Å². The zero-order valence-corrected chi connectivity index (χ0v) is 13.4. The number of nitrogens with zero attached hydrogens (tertiary/aromatic N) is 1. The first-order chi connectivity index (χ1) is 11.6. The van der Waals surface area contributed by atoms with Crippen molar-refractivity contribution in [1.82, 2.24) is 5.32 Å². The van der Waals surface area contributed by atoms with Crippen LogP contribution in [0.5, 0.6) is 0 Å². The van der Waals surface area contributed by atoms with E-state index in [9.17, 15) is 28.1 Å². The van der Waals surface area contributed by atoms with Crippen LogP contribution in [0.1, 0.15) is 40.0 Å². The summed E-state index contributed by atoms with van der Waals surface area (Å²) in [6, 6.07) is 7.95. The maximum atomic E-state index is 12.6. The first-order valence-corrected chi connectivity index (χ1v) is 7.32. The Morgan fingerprint density at radius 2 is 1.76 bits per heavy atom. The van der Waals surface area contributed by atoms with Gasteiger partial charge in [0.1, 0.15) is 0 Å². The lowest BCUT2D eigenvalue weighted by atomic mass is 10.0. The maximum absolute atomic E-state index is 12.6. The summed E-state index contributed by atoms with van der Waals surface area (Å²) in [5.41, 5.74) is 0.245. The van der Waals surface area contributed by atoms with Crippen LogP contribution in [-0.4, -0.2) is 10.8 Å². The number of nitro groups is 1.